The number of sulfone groups is 1. The van der Waals surface area contributed by atoms with Crippen LogP contribution in [-0.4, -0.2) is 29.7 Å². The highest BCUT2D eigenvalue weighted by molar-refractivity contribution is 7.93. The van der Waals surface area contributed by atoms with Crippen molar-refractivity contribution >= 4 is 26.5 Å². The van der Waals surface area contributed by atoms with Crippen LogP contribution in [0, 0.1) is 5.92 Å². The second-order valence-corrected chi connectivity index (χ2v) is 8.83. The number of carbonyl (C=O) groups is 1. The van der Waals surface area contributed by atoms with Gasteiger partial charge in [0.05, 0.1) is 16.0 Å². The molecule has 2 unspecified atom stereocenters. The topological polar surface area (TPSA) is 64.1 Å². The molecule has 2 bridgehead atoms. The molecule has 2 atom stereocenters. The lowest BCUT2D eigenvalue weighted by atomic mass is 9.89. The standard InChI is InChI=1S/C17H17NO3S/c19-17(11-9-12-5-6-13(10-11)22(12,20)21)15-7-8-18-16-4-2-1-3-14(15)16/h1-4,7-8,11-13H,5-6,9-10H2. The van der Waals surface area contributed by atoms with E-state index in [0.717, 1.165) is 10.9 Å². The molecule has 2 aliphatic rings. The Morgan fingerprint density at radius 1 is 1.05 bits per heavy atom. The number of ketones is 1. The number of aromatic nitrogens is 1. The van der Waals surface area contributed by atoms with Crippen molar-refractivity contribution in [2.24, 2.45) is 5.92 Å². The average Bonchev–Trinajstić information content (AvgIpc) is 2.71. The molecule has 0 saturated carbocycles. The lowest BCUT2D eigenvalue weighted by Gasteiger charge is -2.27. The van der Waals surface area contributed by atoms with Crippen LogP contribution in [0.5, 0.6) is 0 Å². The van der Waals surface area contributed by atoms with Gasteiger partial charge in [-0.25, -0.2) is 8.42 Å². The highest BCUT2D eigenvalue weighted by atomic mass is 32.2. The number of nitrogens with zero attached hydrogens (tertiary/aromatic N) is 1. The largest absolute Gasteiger partial charge is 0.294 e. The molecule has 0 amide bonds. The molecule has 0 radical (unpaired) electrons. The van der Waals surface area contributed by atoms with Crippen LogP contribution in [0.4, 0.5) is 0 Å². The zero-order chi connectivity index (χ0) is 15.3. The number of para-hydroxylation sites is 1. The van der Waals surface area contributed by atoms with Crippen LogP contribution in [0.25, 0.3) is 10.9 Å². The van der Waals surface area contributed by atoms with Crippen molar-refractivity contribution in [2.45, 2.75) is 36.2 Å². The Morgan fingerprint density at radius 3 is 2.45 bits per heavy atom. The number of rotatable bonds is 2. The molecule has 2 aromatic rings. The molecular formula is C17H17NO3S. The van der Waals surface area contributed by atoms with Gasteiger partial charge < -0.3 is 0 Å². The van der Waals surface area contributed by atoms with Crippen LogP contribution in [0.15, 0.2) is 36.5 Å². The van der Waals surface area contributed by atoms with Crippen molar-refractivity contribution in [3.05, 3.63) is 42.1 Å². The third kappa shape index (κ3) is 1.99. The van der Waals surface area contributed by atoms with Crippen molar-refractivity contribution in [1.82, 2.24) is 4.98 Å². The fraction of sp³-hybridized carbons (Fsp3) is 0.412. The van der Waals surface area contributed by atoms with Crippen molar-refractivity contribution in [1.29, 1.82) is 0 Å². The Balaban J connectivity index is 1.71. The monoisotopic (exact) mass is 315 g/mol. The van der Waals surface area contributed by atoms with Gasteiger partial charge in [-0.15, -0.1) is 0 Å². The summed E-state index contributed by atoms with van der Waals surface area (Å²) in [5, 5.41) is 0.234. The van der Waals surface area contributed by atoms with E-state index in [1.165, 1.54) is 0 Å². The van der Waals surface area contributed by atoms with Gasteiger partial charge in [0.15, 0.2) is 15.6 Å². The zero-order valence-corrected chi connectivity index (χ0v) is 12.9. The Morgan fingerprint density at radius 2 is 1.73 bits per heavy atom. The summed E-state index contributed by atoms with van der Waals surface area (Å²) in [7, 11) is -2.98. The minimum atomic E-state index is -2.98. The maximum absolute atomic E-state index is 12.9. The molecule has 2 aliphatic heterocycles. The smallest absolute Gasteiger partial charge is 0.166 e. The van der Waals surface area contributed by atoms with E-state index in [1.54, 1.807) is 12.3 Å². The van der Waals surface area contributed by atoms with E-state index in [2.05, 4.69) is 4.98 Å². The lowest BCUT2D eigenvalue weighted by Crippen LogP contribution is -2.36. The SMILES string of the molecule is O=C(c1ccnc2ccccc12)C1CC2CCC(C1)S2(=O)=O. The van der Waals surface area contributed by atoms with Crippen LogP contribution >= 0.6 is 0 Å². The number of fused-ring (bicyclic) bond motifs is 3. The molecule has 0 spiro atoms. The number of benzene rings is 1. The van der Waals surface area contributed by atoms with Gasteiger partial charge in [-0.2, -0.15) is 0 Å². The number of carbonyl (C=O) groups excluding carboxylic acids is 1. The third-order valence-corrected chi connectivity index (χ3v) is 7.83. The van der Waals surface area contributed by atoms with E-state index in [0.29, 0.717) is 31.2 Å². The van der Waals surface area contributed by atoms with E-state index >= 15 is 0 Å². The predicted molar refractivity (Wildman–Crippen MR) is 84.5 cm³/mol. The Labute approximate surface area is 129 Å². The van der Waals surface area contributed by atoms with E-state index in [4.69, 9.17) is 0 Å². The van der Waals surface area contributed by atoms with Gasteiger partial charge in [0, 0.05) is 23.1 Å². The van der Waals surface area contributed by atoms with Crippen LogP contribution in [0.1, 0.15) is 36.0 Å². The van der Waals surface area contributed by atoms with E-state index < -0.39 is 9.84 Å². The van der Waals surface area contributed by atoms with Gasteiger partial charge in [0.2, 0.25) is 0 Å². The normalized spacial score (nSPS) is 29.5. The molecule has 114 valence electrons. The van der Waals surface area contributed by atoms with Gasteiger partial charge >= 0.3 is 0 Å². The van der Waals surface area contributed by atoms with Crippen molar-refractivity contribution < 1.29 is 13.2 Å². The molecule has 4 nitrogen and oxygen atoms in total. The number of hydrogen-bond donors (Lipinski definition) is 0. The number of pyridine rings is 1. The molecule has 1 aromatic heterocycles. The van der Waals surface area contributed by atoms with Gasteiger partial charge in [-0.3, -0.25) is 9.78 Å². The first-order valence-electron chi connectivity index (χ1n) is 7.68. The fourth-order valence-electron chi connectivity index (χ4n) is 3.95. The number of Topliss-reactive ketones (excluding diaryl/α,β-unsaturated/α-hetero) is 1. The summed E-state index contributed by atoms with van der Waals surface area (Å²) in [5.74, 6) is -0.0998. The van der Waals surface area contributed by atoms with E-state index in [1.807, 2.05) is 24.3 Å². The summed E-state index contributed by atoms with van der Waals surface area (Å²) in [6.07, 6.45) is 4.05. The Bertz CT molecular complexity index is 834. The first-order valence-corrected chi connectivity index (χ1v) is 9.29. The van der Waals surface area contributed by atoms with Gasteiger partial charge in [0.25, 0.3) is 0 Å². The molecule has 2 saturated heterocycles. The van der Waals surface area contributed by atoms with Crippen molar-refractivity contribution in [3.8, 4) is 0 Å². The average molecular weight is 315 g/mol. The molecule has 3 heterocycles. The maximum atomic E-state index is 12.9. The quantitative estimate of drug-likeness (QED) is 0.799. The highest BCUT2D eigenvalue weighted by Gasteiger charge is 2.48. The second kappa shape index (κ2) is 4.88. The first kappa shape index (κ1) is 13.9. The molecular weight excluding hydrogens is 298 g/mol. The van der Waals surface area contributed by atoms with Crippen LogP contribution in [-0.2, 0) is 9.84 Å². The van der Waals surface area contributed by atoms with Gasteiger partial charge in [-0.1, -0.05) is 18.2 Å². The summed E-state index contributed by atoms with van der Waals surface area (Å²) in [6, 6.07) is 9.35. The highest BCUT2D eigenvalue weighted by Crippen LogP contribution is 2.42. The molecule has 22 heavy (non-hydrogen) atoms. The summed E-state index contributed by atoms with van der Waals surface area (Å²) in [6.45, 7) is 0. The zero-order valence-electron chi connectivity index (χ0n) is 12.1. The van der Waals surface area contributed by atoms with E-state index in [-0.39, 0.29) is 22.2 Å². The Hall–Kier alpha value is -1.75. The first-order chi connectivity index (χ1) is 10.6. The van der Waals surface area contributed by atoms with Crippen LogP contribution < -0.4 is 0 Å². The predicted octanol–water partition coefficient (Wildman–Crippen LogP) is 2.77. The molecule has 5 heteroatoms. The lowest BCUT2D eigenvalue weighted by molar-refractivity contribution is 0.0907. The fourth-order valence-corrected chi connectivity index (χ4v) is 6.43. The van der Waals surface area contributed by atoms with E-state index in [9.17, 15) is 13.2 Å². The maximum Gasteiger partial charge on any atom is 0.166 e. The van der Waals surface area contributed by atoms with Crippen LogP contribution in [0.2, 0.25) is 0 Å². The summed E-state index contributed by atoms with van der Waals surface area (Å²) >= 11 is 0. The molecule has 0 N–H and O–H groups in total. The third-order valence-electron chi connectivity index (χ3n) is 5.12. The minimum Gasteiger partial charge on any atom is -0.294 e. The van der Waals surface area contributed by atoms with Gasteiger partial charge in [-0.05, 0) is 37.8 Å². The van der Waals surface area contributed by atoms with Crippen molar-refractivity contribution in [3.63, 3.8) is 0 Å². The molecule has 0 aliphatic carbocycles. The molecule has 4 rings (SSSR count). The molecule has 2 fully saturated rings. The van der Waals surface area contributed by atoms with Gasteiger partial charge in [0.1, 0.15) is 0 Å². The van der Waals surface area contributed by atoms with Crippen molar-refractivity contribution in [2.75, 3.05) is 0 Å². The minimum absolute atomic E-state index is 0.0744. The number of hydrogen-bond acceptors (Lipinski definition) is 4. The summed E-state index contributed by atoms with van der Waals surface area (Å²) in [4.78, 5) is 17.2. The Kier molecular flexibility index (Phi) is 3.08. The summed E-state index contributed by atoms with van der Waals surface area (Å²) in [5.41, 5.74) is 1.48. The van der Waals surface area contributed by atoms with Crippen LogP contribution in [0.3, 0.4) is 0 Å². The molecule has 1 aromatic carbocycles. The second-order valence-electron chi connectivity index (χ2n) is 6.32. The summed E-state index contributed by atoms with van der Waals surface area (Å²) < 4.78 is 24.3.